The van der Waals surface area contributed by atoms with Crippen molar-refractivity contribution in [3.05, 3.63) is 47.0 Å². The van der Waals surface area contributed by atoms with E-state index in [1.807, 2.05) is 38.5 Å². The molecular formula is C17H22N2O2. The second-order valence-corrected chi connectivity index (χ2v) is 5.95. The average molecular weight is 286 g/mol. The van der Waals surface area contributed by atoms with Crippen LogP contribution in [-0.4, -0.2) is 21.8 Å². The third-order valence-electron chi connectivity index (χ3n) is 4.27. The van der Waals surface area contributed by atoms with Gasteiger partial charge in [-0.25, -0.2) is 0 Å². The highest BCUT2D eigenvalue weighted by molar-refractivity contribution is 5.41. The van der Waals surface area contributed by atoms with Gasteiger partial charge in [-0.1, -0.05) is 0 Å². The Bertz CT molecular complexity index is 644. The normalized spacial score (nSPS) is 16.0. The lowest BCUT2D eigenvalue weighted by molar-refractivity contribution is 0.154. The SMILES string of the molecule is COc1c(C)cnc(Cn2ccc(C(O)C3CC3)c2)c1C. The summed E-state index contributed by atoms with van der Waals surface area (Å²) in [4.78, 5) is 4.52. The number of aromatic nitrogens is 2. The van der Waals surface area contributed by atoms with Gasteiger partial charge in [-0.15, -0.1) is 0 Å². The summed E-state index contributed by atoms with van der Waals surface area (Å²) in [6.07, 6.45) is 7.85. The van der Waals surface area contributed by atoms with E-state index in [0.29, 0.717) is 12.5 Å². The summed E-state index contributed by atoms with van der Waals surface area (Å²) in [6.45, 7) is 4.74. The van der Waals surface area contributed by atoms with E-state index < -0.39 is 0 Å². The van der Waals surface area contributed by atoms with Crippen LogP contribution < -0.4 is 4.74 Å². The monoisotopic (exact) mass is 286 g/mol. The zero-order valence-electron chi connectivity index (χ0n) is 12.8. The first-order chi connectivity index (χ1) is 10.1. The molecule has 4 heteroatoms. The van der Waals surface area contributed by atoms with E-state index in [2.05, 4.69) is 9.55 Å². The average Bonchev–Trinajstić information content (AvgIpc) is 3.21. The van der Waals surface area contributed by atoms with Crippen molar-refractivity contribution in [3.63, 3.8) is 0 Å². The molecule has 0 aliphatic heterocycles. The minimum absolute atomic E-state index is 0.312. The summed E-state index contributed by atoms with van der Waals surface area (Å²) >= 11 is 0. The number of aliphatic hydroxyl groups excluding tert-OH is 1. The number of aliphatic hydroxyl groups is 1. The minimum Gasteiger partial charge on any atom is -0.496 e. The van der Waals surface area contributed by atoms with Crippen LogP contribution in [-0.2, 0) is 6.54 Å². The quantitative estimate of drug-likeness (QED) is 0.919. The predicted molar refractivity (Wildman–Crippen MR) is 81.5 cm³/mol. The Balaban J connectivity index is 1.80. The van der Waals surface area contributed by atoms with Crippen LogP contribution in [0, 0.1) is 19.8 Å². The molecule has 112 valence electrons. The summed E-state index contributed by atoms with van der Waals surface area (Å²) in [6, 6.07) is 2.00. The highest BCUT2D eigenvalue weighted by atomic mass is 16.5. The summed E-state index contributed by atoms with van der Waals surface area (Å²) in [5.74, 6) is 1.37. The first kappa shape index (κ1) is 14.1. The molecule has 1 atom stereocenters. The molecule has 21 heavy (non-hydrogen) atoms. The van der Waals surface area contributed by atoms with Crippen molar-refractivity contribution in [3.8, 4) is 5.75 Å². The molecule has 1 fully saturated rings. The van der Waals surface area contributed by atoms with Gasteiger partial charge in [0, 0.05) is 29.7 Å². The van der Waals surface area contributed by atoms with Crippen molar-refractivity contribution in [2.45, 2.75) is 39.3 Å². The largest absolute Gasteiger partial charge is 0.496 e. The van der Waals surface area contributed by atoms with Gasteiger partial charge in [-0.2, -0.15) is 0 Å². The molecular weight excluding hydrogens is 264 g/mol. The summed E-state index contributed by atoms with van der Waals surface area (Å²) in [7, 11) is 1.69. The summed E-state index contributed by atoms with van der Waals surface area (Å²) in [5.41, 5.74) is 4.14. The van der Waals surface area contributed by atoms with Crippen LogP contribution in [0.25, 0.3) is 0 Å². The highest BCUT2D eigenvalue weighted by Crippen LogP contribution is 2.40. The lowest BCUT2D eigenvalue weighted by Crippen LogP contribution is -2.05. The number of rotatable bonds is 5. The molecule has 2 aromatic rings. The molecule has 2 aromatic heterocycles. The second kappa shape index (κ2) is 5.53. The molecule has 1 saturated carbocycles. The van der Waals surface area contributed by atoms with E-state index in [1.54, 1.807) is 7.11 Å². The maximum atomic E-state index is 10.2. The maximum Gasteiger partial charge on any atom is 0.128 e. The van der Waals surface area contributed by atoms with Crippen LogP contribution in [0.4, 0.5) is 0 Å². The fourth-order valence-electron chi connectivity index (χ4n) is 2.82. The molecule has 0 spiro atoms. The fourth-order valence-corrected chi connectivity index (χ4v) is 2.82. The van der Waals surface area contributed by atoms with Gasteiger partial charge in [0.15, 0.2) is 0 Å². The zero-order chi connectivity index (χ0) is 15.0. The topological polar surface area (TPSA) is 47.3 Å². The van der Waals surface area contributed by atoms with Gasteiger partial charge in [-0.3, -0.25) is 4.98 Å². The predicted octanol–water partition coefficient (Wildman–Crippen LogP) is 3.00. The van der Waals surface area contributed by atoms with E-state index in [-0.39, 0.29) is 6.10 Å². The number of nitrogens with zero attached hydrogens (tertiary/aromatic N) is 2. The molecule has 0 saturated heterocycles. The van der Waals surface area contributed by atoms with Gasteiger partial charge < -0.3 is 14.4 Å². The minimum atomic E-state index is -0.312. The number of ether oxygens (including phenoxy) is 1. The maximum absolute atomic E-state index is 10.2. The van der Waals surface area contributed by atoms with Crippen LogP contribution in [0.3, 0.4) is 0 Å². The Kier molecular flexibility index (Phi) is 3.72. The summed E-state index contributed by atoms with van der Waals surface area (Å²) < 4.78 is 7.52. The van der Waals surface area contributed by atoms with E-state index in [1.165, 1.54) is 0 Å². The molecule has 1 aliphatic carbocycles. The van der Waals surface area contributed by atoms with Crippen LogP contribution in [0.5, 0.6) is 5.75 Å². The van der Waals surface area contributed by atoms with E-state index in [4.69, 9.17) is 4.74 Å². The molecule has 1 unspecified atom stereocenters. The molecule has 0 aromatic carbocycles. The smallest absolute Gasteiger partial charge is 0.128 e. The van der Waals surface area contributed by atoms with Crippen LogP contribution in [0.15, 0.2) is 24.7 Å². The van der Waals surface area contributed by atoms with Crippen LogP contribution >= 0.6 is 0 Å². The first-order valence-corrected chi connectivity index (χ1v) is 7.43. The van der Waals surface area contributed by atoms with Gasteiger partial charge in [0.2, 0.25) is 0 Å². The van der Waals surface area contributed by atoms with Crippen molar-refractivity contribution in [2.75, 3.05) is 7.11 Å². The molecule has 0 radical (unpaired) electrons. The van der Waals surface area contributed by atoms with E-state index in [9.17, 15) is 5.11 Å². The molecule has 4 nitrogen and oxygen atoms in total. The van der Waals surface area contributed by atoms with Gasteiger partial charge >= 0.3 is 0 Å². The Morgan fingerprint density at radius 2 is 2.19 bits per heavy atom. The Morgan fingerprint density at radius 1 is 1.43 bits per heavy atom. The van der Waals surface area contributed by atoms with Crippen LogP contribution in [0.2, 0.25) is 0 Å². The molecule has 3 rings (SSSR count). The van der Waals surface area contributed by atoms with Gasteiger partial charge in [0.1, 0.15) is 5.75 Å². The third-order valence-corrected chi connectivity index (χ3v) is 4.27. The van der Waals surface area contributed by atoms with Crippen molar-refractivity contribution >= 4 is 0 Å². The standard InChI is InChI=1S/C17H22N2O2/c1-11-8-18-15(12(2)17(11)21-3)10-19-7-6-14(9-19)16(20)13-4-5-13/h6-9,13,16,20H,4-5,10H2,1-3H3. The lowest BCUT2D eigenvalue weighted by atomic mass is 10.1. The van der Waals surface area contributed by atoms with Crippen molar-refractivity contribution in [1.29, 1.82) is 0 Å². The molecule has 1 N–H and O–H groups in total. The van der Waals surface area contributed by atoms with Crippen LogP contribution in [0.1, 0.15) is 41.3 Å². The number of aryl methyl sites for hydroxylation is 1. The zero-order valence-corrected chi connectivity index (χ0v) is 12.8. The van der Waals surface area contributed by atoms with E-state index >= 15 is 0 Å². The Morgan fingerprint density at radius 3 is 2.86 bits per heavy atom. The highest BCUT2D eigenvalue weighted by Gasteiger charge is 2.31. The number of hydrogen-bond acceptors (Lipinski definition) is 3. The molecule has 0 bridgehead atoms. The molecule has 2 heterocycles. The first-order valence-electron chi connectivity index (χ1n) is 7.43. The molecule has 0 amide bonds. The summed E-state index contributed by atoms with van der Waals surface area (Å²) in [5, 5.41) is 10.2. The third kappa shape index (κ3) is 2.81. The number of pyridine rings is 1. The van der Waals surface area contributed by atoms with Crippen molar-refractivity contribution < 1.29 is 9.84 Å². The lowest BCUT2D eigenvalue weighted by Gasteiger charge is -2.13. The van der Waals surface area contributed by atoms with Gasteiger partial charge in [0.25, 0.3) is 0 Å². The number of methoxy groups -OCH3 is 1. The molecule has 1 aliphatic rings. The van der Waals surface area contributed by atoms with Crippen molar-refractivity contribution in [2.24, 2.45) is 5.92 Å². The Labute approximate surface area is 125 Å². The number of hydrogen-bond donors (Lipinski definition) is 1. The van der Waals surface area contributed by atoms with E-state index in [0.717, 1.165) is 41.0 Å². The fraction of sp³-hybridized carbons (Fsp3) is 0.471. The van der Waals surface area contributed by atoms with Gasteiger partial charge in [0.05, 0.1) is 25.5 Å². The van der Waals surface area contributed by atoms with Crippen molar-refractivity contribution in [1.82, 2.24) is 9.55 Å². The Hall–Kier alpha value is -1.81. The van der Waals surface area contributed by atoms with Gasteiger partial charge in [-0.05, 0) is 44.2 Å². The second-order valence-electron chi connectivity index (χ2n) is 5.95.